The van der Waals surface area contributed by atoms with Crippen LogP contribution < -0.4 is 16.0 Å². The molecule has 0 bridgehead atoms. The van der Waals surface area contributed by atoms with Crippen LogP contribution in [0.15, 0.2) is 24.3 Å². The van der Waals surface area contributed by atoms with Crippen molar-refractivity contribution >= 4 is 17.8 Å². The van der Waals surface area contributed by atoms with Crippen molar-refractivity contribution in [2.75, 3.05) is 13.2 Å². The van der Waals surface area contributed by atoms with Crippen LogP contribution in [0.2, 0.25) is 0 Å². The van der Waals surface area contributed by atoms with Crippen molar-refractivity contribution in [3.63, 3.8) is 0 Å². The number of aromatic hydroxyl groups is 1. The highest BCUT2D eigenvalue weighted by molar-refractivity contribution is 5.88. The van der Waals surface area contributed by atoms with Crippen LogP contribution in [0.5, 0.6) is 5.75 Å². The topological polar surface area (TPSA) is 179 Å². The molecular formula is C28H33F3N4O8. The lowest BCUT2D eigenvalue weighted by Crippen LogP contribution is -2.63. The van der Waals surface area contributed by atoms with Crippen molar-refractivity contribution in [3.05, 3.63) is 58.7 Å². The number of pyridine rings is 1. The molecule has 6 N–H and O–H groups in total. The maximum Gasteiger partial charge on any atom is 0.312 e. The number of rotatable bonds is 6. The van der Waals surface area contributed by atoms with Crippen LogP contribution in [0.3, 0.4) is 0 Å². The summed E-state index contributed by atoms with van der Waals surface area (Å²) in [6.45, 7) is 4.10. The van der Waals surface area contributed by atoms with Crippen LogP contribution in [0.4, 0.5) is 13.2 Å². The molecule has 4 rings (SSSR count). The van der Waals surface area contributed by atoms with Crippen LogP contribution >= 0.6 is 0 Å². The highest BCUT2D eigenvalue weighted by Crippen LogP contribution is 2.26. The number of carbonyl (C=O) groups excluding carboxylic acids is 3. The van der Waals surface area contributed by atoms with Crippen molar-refractivity contribution in [1.29, 1.82) is 0 Å². The Bertz CT molecular complexity index is 1380. The second kappa shape index (κ2) is 13.2. The Morgan fingerprint density at radius 3 is 2.37 bits per heavy atom. The number of aromatic nitrogens is 1. The summed E-state index contributed by atoms with van der Waals surface area (Å²) in [5.74, 6) is -9.98. The number of aryl methyl sites for hydroxylation is 1. The predicted molar refractivity (Wildman–Crippen MR) is 141 cm³/mol. The molecule has 0 aliphatic carbocycles. The number of amides is 2. The maximum atomic E-state index is 14.8. The molecule has 1 aromatic carbocycles. The van der Waals surface area contributed by atoms with E-state index in [0.717, 1.165) is 0 Å². The molecule has 12 nitrogen and oxygen atoms in total. The number of benzene rings is 1. The third-order valence-corrected chi connectivity index (χ3v) is 7.70. The Morgan fingerprint density at radius 1 is 1.07 bits per heavy atom. The first-order chi connectivity index (χ1) is 20.3. The number of para-hydroxylation sites is 1. The number of ether oxygens (including phenoxy) is 2. The first-order valence-corrected chi connectivity index (χ1v) is 13.6. The molecule has 3 heterocycles. The van der Waals surface area contributed by atoms with Gasteiger partial charge in [0, 0.05) is 16.8 Å². The summed E-state index contributed by atoms with van der Waals surface area (Å²) < 4.78 is 53.2. The van der Waals surface area contributed by atoms with E-state index in [2.05, 4.69) is 20.9 Å². The van der Waals surface area contributed by atoms with Gasteiger partial charge in [0.25, 0.3) is 11.9 Å². The largest absolute Gasteiger partial charge is 0.508 e. The van der Waals surface area contributed by atoms with Crippen molar-refractivity contribution in [2.24, 2.45) is 11.8 Å². The minimum atomic E-state index is -1.85. The zero-order valence-corrected chi connectivity index (χ0v) is 23.5. The van der Waals surface area contributed by atoms with Crippen molar-refractivity contribution in [2.45, 2.75) is 63.8 Å². The quantitative estimate of drug-likeness (QED) is 0.151. The highest BCUT2D eigenvalue weighted by atomic mass is 19.2. The number of phenolic OH excluding ortho intramolecular Hbond substituents is 1. The van der Waals surface area contributed by atoms with Gasteiger partial charge in [-0.3, -0.25) is 19.7 Å². The SMILES string of the molecule is Cc1nc(F)c(F)c(F)c1CC1NC(=O)C(NC(O)c2ccccc2O)C(C)NC(=O)C(C2COC2)OC(=O)C(C)C1O. The summed E-state index contributed by atoms with van der Waals surface area (Å²) in [5.41, 5.74) is -0.704. The fourth-order valence-corrected chi connectivity index (χ4v) is 4.96. The Kier molecular flexibility index (Phi) is 9.89. The summed E-state index contributed by atoms with van der Waals surface area (Å²) in [6.07, 6.45) is -5.38. The lowest BCUT2D eigenvalue weighted by atomic mass is 9.91. The number of esters is 1. The molecule has 234 valence electrons. The molecule has 2 aromatic rings. The van der Waals surface area contributed by atoms with Crippen molar-refractivity contribution in [1.82, 2.24) is 20.9 Å². The highest BCUT2D eigenvalue weighted by Gasteiger charge is 2.43. The average molecular weight is 611 g/mol. The van der Waals surface area contributed by atoms with E-state index < -0.39 is 95.7 Å². The molecule has 2 amide bonds. The van der Waals surface area contributed by atoms with E-state index in [4.69, 9.17) is 9.47 Å². The smallest absolute Gasteiger partial charge is 0.312 e. The summed E-state index contributed by atoms with van der Waals surface area (Å²) in [5, 5.41) is 40.0. The van der Waals surface area contributed by atoms with E-state index in [9.17, 15) is 42.9 Å². The molecule has 43 heavy (non-hydrogen) atoms. The fraction of sp³-hybridized carbons (Fsp3) is 0.500. The Labute approximate surface area is 244 Å². The van der Waals surface area contributed by atoms with E-state index in [1.807, 2.05) is 0 Å². The van der Waals surface area contributed by atoms with Gasteiger partial charge < -0.3 is 35.4 Å². The zero-order chi connectivity index (χ0) is 31.6. The molecule has 0 spiro atoms. The van der Waals surface area contributed by atoms with Gasteiger partial charge in [-0.15, -0.1) is 0 Å². The van der Waals surface area contributed by atoms with Crippen molar-refractivity contribution in [3.8, 4) is 5.75 Å². The molecule has 7 unspecified atom stereocenters. The van der Waals surface area contributed by atoms with E-state index >= 15 is 0 Å². The monoisotopic (exact) mass is 610 g/mol. The minimum Gasteiger partial charge on any atom is -0.508 e. The number of cyclic esters (lactones) is 1. The maximum absolute atomic E-state index is 14.8. The third kappa shape index (κ3) is 6.90. The number of phenols is 1. The summed E-state index contributed by atoms with van der Waals surface area (Å²) in [7, 11) is 0. The van der Waals surface area contributed by atoms with Gasteiger partial charge in [-0.05, 0) is 33.3 Å². The van der Waals surface area contributed by atoms with E-state index in [0.29, 0.717) is 0 Å². The van der Waals surface area contributed by atoms with Crippen LogP contribution in [-0.4, -0.2) is 81.6 Å². The molecule has 15 heteroatoms. The van der Waals surface area contributed by atoms with Gasteiger partial charge in [0.05, 0.1) is 43.2 Å². The minimum absolute atomic E-state index is 0.00845. The number of hydrogen-bond acceptors (Lipinski definition) is 10. The summed E-state index contributed by atoms with van der Waals surface area (Å²) in [4.78, 5) is 43.3. The molecule has 2 fully saturated rings. The third-order valence-electron chi connectivity index (χ3n) is 7.70. The normalized spacial score (nSPS) is 28.0. The van der Waals surface area contributed by atoms with E-state index in [1.54, 1.807) is 0 Å². The number of carbonyl (C=O) groups is 3. The molecule has 2 aliphatic heterocycles. The van der Waals surface area contributed by atoms with Gasteiger partial charge in [-0.1, -0.05) is 18.2 Å². The number of hydrogen-bond donors (Lipinski definition) is 6. The van der Waals surface area contributed by atoms with Gasteiger partial charge in [0.15, 0.2) is 11.9 Å². The second-order valence-electron chi connectivity index (χ2n) is 10.8. The van der Waals surface area contributed by atoms with Crippen LogP contribution in [0.1, 0.15) is 36.9 Å². The standard InChI is InChI=1S/C28H33F3N4O8/c1-11-22(37)17(8-16-12(2)32-24(31)20(30)19(16)29)34-26(39)21(35-25(38)15-6-4-5-7-18(15)36)13(3)33-27(40)23(43-28(11)41)14-9-42-10-14/h4-7,11,13-14,17,21-23,25,35-38H,8-10H2,1-3H3,(H,33,40)(H,34,39). The number of halogens is 3. The Hall–Kier alpha value is -3.79. The van der Waals surface area contributed by atoms with Gasteiger partial charge in [-0.2, -0.15) is 8.78 Å². The van der Waals surface area contributed by atoms with Gasteiger partial charge in [-0.25, -0.2) is 9.37 Å². The lowest BCUT2D eigenvalue weighted by molar-refractivity contribution is -0.178. The van der Waals surface area contributed by atoms with Crippen LogP contribution in [0.25, 0.3) is 0 Å². The predicted octanol–water partition coefficient (Wildman–Crippen LogP) is 0.263. The number of nitrogens with one attached hydrogen (secondary N) is 3. The van der Waals surface area contributed by atoms with Crippen LogP contribution in [-0.2, 0) is 30.3 Å². The molecule has 1 aromatic heterocycles. The van der Waals surface area contributed by atoms with Crippen molar-refractivity contribution < 1.29 is 52.3 Å². The molecule has 2 aliphatic rings. The van der Waals surface area contributed by atoms with Gasteiger partial charge in [0.1, 0.15) is 18.0 Å². The molecule has 2 saturated heterocycles. The lowest BCUT2D eigenvalue weighted by Gasteiger charge is -2.37. The number of aliphatic hydroxyl groups is 2. The number of aliphatic hydroxyl groups excluding tert-OH is 2. The molecular weight excluding hydrogens is 577 g/mol. The Balaban J connectivity index is 1.73. The number of nitrogens with zero attached hydrogens (tertiary/aromatic N) is 1. The first kappa shape index (κ1) is 32.1. The van der Waals surface area contributed by atoms with Crippen LogP contribution in [0, 0.1) is 36.3 Å². The van der Waals surface area contributed by atoms with E-state index in [1.165, 1.54) is 45.0 Å². The Morgan fingerprint density at radius 2 is 1.74 bits per heavy atom. The first-order valence-electron chi connectivity index (χ1n) is 13.6. The van der Waals surface area contributed by atoms with E-state index in [-0.39, 0.29) is 30.2 Å². The van der Waals surface area contributed by atoms with Gasteiger partial charge in [0.2, 0.25) is 11.7 Å². The average Bonchev–Trinajstić information content (AvgIpc) is 2.93. The molecule has 7 atom stereocenters. The molecule has 0 saturated carbocycles. The fourth-order valence-electron chi connectivity index (χ4n) is 4.96. The summed E-state index contributed by atoms with van der Waals surface area (Å²) in [6, 6.07) is 1.71. The van der Waals surface area contributed by atoms with Gasteiger partial charge >= 0.3 is 5.97 Å². The zero-order valence-electron chi connectivity index (χ0n) is 23.5. The second-order valence-corrected chi connectivity index (χ2v) is 10.8. The summed E-state index contributed by atoms with van der Waals surface area (Å²) >= 11 is 0. The molecule has 0 radical (unpaired) electrons.